The van der Waals surface area contributed by atoms with E-state index >= 15 is 0 Å². The van der Waals surface area contributed by atoms with E-state index in [4.69, 9.17) is 0 Å². The molecule has 2 amide bonds. The molecule has 6 aliphatic rings. The maximum atomic E-state index is 14.3. The smallest absolute Gasteiger partial charge is 0.254 e. The van der Waals surface area contributed by atoms with Crippen molar-refractivity contribution in [2.75, 3.05) is 26.2 Å². The third-order valence-corrected chi connectivity index (χ3v) is 12.2. The second-order valence-corrected chi connectivity index (χ2v) is 15.5. The molecule has 6 heteroatoms. The first kappa shape index (κ1) is 28.8. The second kappa shape index (κ2) is 11.5. The van der Waals surface area contributed by atoms with E-state index in [9.17, 15) is 9.59 Å². The number of carbonyl (C=O) groups is 2. The minimum Gasteiger partial charge on any atom is -0.335 e. The highest BCUT2D eigenvalue weighted by Crippen LogP contribution is 2.42. The van der Waals surface area contributed by atoms with Gasteiger partial charge in [0, 0.05) is 59.5 Å². The molecule has 0 atom stereocenters. The summed E-state index contributed by atoms with van der Waals surface area (Å²) in [5.74, 6) is 0.239. The minimum atomic E-state index is 0.0559. The van der Waals surface area contributed by atoms with Gasteiger partial charge in [-0.1, -0.05) is 83.1 Å². The number of carbonyl (C=O) groups excluding carboxylic acids is 2. The average molecular weight is 575 g/mol. The summed E-state index contributed by atoms with van der Waals surface area (Å²) in [7, 11) is 0. The summed E-state index contributed by atoms with van der Waals surface area (Å²) in [6.45, 7) is 3.20. The van der Waals surface area contributed by atoms with Gasteiger partial charge in [0.1, 0.15) is 0 Å². The fourth-order valence-corrected chi connectivity index (χ4v) is 10.3. The zero-order chi connectivity index (χ0) is 28.7. The number of rotatable bonds is 2. The highest BCUT2D eigenvalue weighted by Gasteiger charge is 2.50. The summed E-state index contributed by atoms with van der Waals surface area (Å²) in [5.41, 5.74) is 1.60. The molecule has 4 spiro atoms. The first-order valence-electron chi connectivity index (χ1n) is 17.7. The summed E-state index contributed by atoms with van der Waals surface area (Å²) in [6.07, 6.45) is 24.6. The van der Waals surface area contributed by atoms with Crippen molar-refractivity contribution in [2.45, 2.75) is 151 Å². The van der Waals surface area contributed by atoms with E-state index in [1.807, 2.05) is 24.3 Å². The normalized spacial score (nSPS) is 28.3. The summed E-state index contributed by atoms with van der Waals surface area (Å²) < 4.78 is 0. The van der Waals surface area contributed by atoms with E-state index in [0.29, 0.717) is 11.1 Å². The maximum absolute atomic E-state index is 14.3. The molecule has 2 heterocycles. The van der Waals surface area contributed by atoms with Crippen LogP contribution in [-0.2, 0) is 0 Å². The molecule has 2 saturated heterocycles. The van der Waals surface area contributed by atoms with Crippen LogP contribution in [0.3, 0.4) is 0 Å². The lowest BCUT2D eigenvalue weighted by atomic mass is 9.72. The van der Waals surface area contributed by atoms with E-state index in [0.717, 1.165) is 26.2 Å². The molecule has 2 aliphatic heterocycles. The summed E-state index contributed by atoms with van der Waals surface area (Å²) in [4.78, 5) is 32.9. The van der Waals surface area contributed by atoms with Crippen molar-refractivity contribution in [3.05, 3.63) is 35.4 Å². The van der Waals surface area contributed by atoms with Crippen molar-refractivity contribution in [3.63, 3.8) is 0 Å². The van der Waals surface area contributed by atoms with E-state index in [2.05, 4.69) is 20.4 Å². The molecule has 0 bridgehead atoms. The zero-order valence-corrected chi connectivity index (χ0v) is 26.0. The largest absolute Gasteiger partial charge is 0.335 e. The molecule has 1 aromatic rings. The Labute approximate surface area is 253 Å². The highest BCUT2D eigenvalue weighted by atomic mass is 16.2. The van der Waals surface area contributed by atoms with Crippen molar-refractivity contribution in [1.29, 1.82) is 0 Å². The van der Waals surface area contributed by atoms with Crippen LogP contribution < -0.4 is 10.6 Å². The molecule has 1 aromatic carbocycles. The number of piperazine rings is 2. The van der Waals surface area contributed by atoms with Gasteiger partial charge >= 0.3 is 0 Å². The van der Waals surface area contributed by atoms with Crippen LogP contribution in [0.2, 0.25) is 0 Å². The molecule has 230 valence electrons. The zero-order valence-electron chi connectivity index (χ0n) is 26.0. The van der Waals surface area contributed by atoms with E-state index < -0.39 is 0 Å². The van der Waals surface area contributed by atoms with Gasteiger partial charge in [0.05, 0.1) is 0 Å². The number of benzene rings is 1. The molecule has 6 fully saturated rings. The predicted octanol–water partition coefficient (Wildman–Crippen LogP) is 6.59. The van der Waals surface area contributed by atoms with Crippen LogP contribution in [0.15, 0.2) is 24.3 Å². The molecule has 0 unspecified atom stereocenters. The molecular weight excluding hydrogens is 520 g/mol. The van der Waals surface area contributed by atoms with Gasteiger partial charge in [0.2, 0.25) is 0 Å². The van der Waals surface area contributed by atoms with E-state index in [1.165, 1.54) is 128 Å². The maximum Gasteiger partial charge on any atom is 0.254 e. The molecular formula is C36H54N4O2. The molecule has 0 radical (unpaired) electrons. The second-order valence-electron chi connectivity index (χ2n) is 15.5. The van der Waals surface area contributed by atoms with Crippen molar-refractivity contribution in [3.8, 4) is 0 Å². The first-order valence-corrected chi connectivity index (χ1v) is 17.7. The van der Waals surface area contributed by atoms with Crippen molar-refractivity contribution < 1.29 is 9.59 Å². The van der Waals surface area contributed by atoms with E-state index in [1.54, 1.807) is 0 Å². The Balaban J connectivity index is 1.13. The van der Waals surface area contributed by atoms with Gasteiger partial charge in [-0.2, -0.15) is 0 Å². The average Bonchev–Trinajstić information content (AvgIpc) is 3.01. The molecule has 2 N–H and O–H groups in total. The quantitative estimate of drug-likeness (QED) is 0.418. The molecule has 4 saturated carbocycles. The van der Waals surface area contributed by atoms with Crippen LogP contribution in [-0.4, -0.2) is 69.9 Å². The Bertz CT molecular complexity index is 1000. The number of amides is 2. The Hall–Kier alpha value is -1.92. The van der Waals surface area contributed by atoms with Crippen LogP contribution in [0.25, 0.3) is 0 Å². The van der Waals surface area contributed by atoms with Gasteiger partial charge < -0.3 is 20.4 Å². The molecule has 7 rings (SSSR count). The molecule has 6 nitrogen and oxygen atoms in total. The SMILES string of the molecule is O=C(c1cccc(C(=O)N2CC3(CCCCC3)NC3(CCCCC3)C2)c1)N1CC2(CCCCC2)NC2(CCCCC2)C1. The number of nitrogens with one attached hydrogen (secondary N) is 2. The molecule has 42 heavy (non-hydrogen) atoms. The predicted molar refractivity (Wildman–Crippen MR) is 168 cm³/mol. The molecule has 0 aromatic heterocycles. The van der Waals surface area contributed by atoms with Gasteiger partial charge in [-0.3, -0.25) is 9.59 Å². The Morgan fingerprint density at radius 1 is 0.476 bits per heavy atom. The van der Waals surface area contributed by atoms with Crippen LogP contribution in [0.4, 0.5) is 0 Å². The summed E-state index contributed by atoms with van der Waals surface area (Å²) in [5, 5.41) is 8.38. The van der Waals surface area contributed by atoms with Gasteiger partial charge in [0.15, 0.2) is 0 Å². The minimum absolute atomic E-state index is 0.0559. The van der Waals surface area contributed by atoms with Crippen LogP contribution in [0.5, 0.6) is 0 Å². The summed E-state index contributed by atoms with van der Waals surface area (Å²) in [6, 6.07) is 7.78. The number of nitrogens with zero attached hydrogens (tertiary/aromatic N) is 2. The topological polar surface area (TPSA) is 64.7 Å². The monoisotopic (exact) mass is 574 g/mol. The van der Waals surface area contributed by atoms with E-state index in [-0.39, 0.29) is 34.0 Å². The standard InChI is InChI=1S/C36H54N4O2/c41-31(39-25-33(16-5-1-6-17-33)37-34(26-39)18-7-2-8-19-34)29-14-13-15-30(24-29)32(42)40-27-35(20-9-3-10-21-35)38-36(28-40)22-11-4-12-23-36/h13-15,24,37-38H,1-12,16-23,25-28H2. The van der Waals surface area contributed by atoms with Crippen molar-refractivity contribution >= 4 is 11.8 Å². The van der Waals surface area contributed by atoms with Crippen LogP contribution in [0, 0.1) is 0 Å². The first-order chi connectivity index (χ1) is 20.4. The van der Waals surface area contributed by atoms with Crippen molar-refractivity contribution in [2.24, 2.45) is 0 Å². The fourth-order valence-electron chi connectivity index (χ4n) is 10.3. The Morgan fingerprint density at radius 2 is 0.762 bits per heavy atom. The lowest BCUT2D eigenvalue weighted by Crippen LogP contribution is -2.72. The third kappa shape index (κ3) is 5.67. The van der Waals surface area contributed by atoms with Crippen LogP contribution >= 0.6 is 0 Å². The lowest BCUT2D eigenvalue weighted by Gasteiger charge is -2.56. The third-order valence-electron chi connectivity index (χ3n) is 12.2. The van der Waals surface area contributed by atoms with Crippen LogP contribution in [0.1, 0.15) is 149 Å². The lowest BCUT2D eigenvalue weighted by molar-refractivity contribution is 0.00653. The number of hydrogen-bond acceptors (Lipinski definition) is 4. The van der Waals surface area contributed by atoms with Crippen molar-refractivity contribution in [1.82, 2.24) is 20.4 Å². The molecule has 4 aliphatic carbocycles. The Morgan fingerprint density at radius 3 is 1.05 bits per heavy atom. The van der Waals surface area contributed by atoms with Gasteiger partial charge in [0.25, 0.3) is 11.8 Å². The fraction of sp³-hybridized carbons (Fsp3) is 0.778. The summed E-state index contributed by atoms with van der Waals surface area (Å²) >= 11 is 0. The van der Waals surface area contributed by atoms with Gasteiger partial charge in [-0.05, 0) is 69.6 Å². The highest BCUT2D eigenvalue weighted by molar-refractivity contribution is 6.00. The van der Waals surface area contributed by atoms with Gasteiger partial charge in [-0.15, -0.1) is 0 Å². The number of hydrogen-bond donors (Lipinski definition) is 2. The van der Waals surface area contributed by atoms with Gasteiger partial charge in [-0.25, -0.2) is 0 Å². The Kier molecular flexibility index (Phi) is 7.92.